The number of benzene rings is 1. The molecule has 0 atom stereocenters. The van der Waals surface area contributed by atoms with Gasteiger partial charge in [-0.15, -0.1) is 0 Å². The Morgan fingerprint density at radius 3 is 2.30 bits per heavy atom. The van der Waals surface area contributed by atoms with E-state index in [9.17, 15) is 9.59 Å². The summed E-state index contributed by atoms with van der Waals surface area (Å²) in [6.45, 7) is 4.35. The average Bonchev–Trinajstić information content (AvgIpc) is 2.33. The van der Waals surface area contributed by atoms with Gasteiger partial charge in [0.25, 0.3) is 0 Å². The first-order valence-electron chi connectivity index (χ1n) is 6.67. The fraction of sp³-hybridized carbons (Fsp3) is 0.438. The second-order valence-electron chi connectivity index (χ2n) is 6.04. The highest BCUT2D eigenvalue weighted by Gasteiger charge is 2.38. The van der Waals surface area contributed by atoms with Crippen molar-refractivity contribution < 1.29 is 9.59 Å². The van der Waals surface area contributed by atoms with Crippen LogP contribution in [0.15, 0.2) is 29.3 Å². The van der Waals surface area contributed by atoms with Crippen molar-refractivity contribution in [2.45, 2.75) is 33.2 Å². The molecule has 1 fully saturated rings. The maximum absolute atomic E-state index is 12.0. The summed E-state index contributed by atoms with van der Waals surface area (Å²) in [5.74, 6) is -0.701. The molecule has 20 heavy (non-hydrogen) atoms. The molecule has 0 aliphatic heterocycles. The van der Waals surface area contributed by atoms with Gasteiger partial charge in [-0.05, 0) is 23.1 Å². The fourth-order valence-electron chi connectivity index (χ4n) is 2.42. The monoisotopic (exact) mass is 291 g/mol. The van der Waals surface area contributed by atoms with Crippen LogP contribution >= 0.6 is 11.6 Å². The minimum absolute atomic E-state index is 0.0221. The van der Waals surface area contributed by atoms with Crippen molar-refractivity contribution in [3.8, 4) is 0 Å². The Hall–Kier alpha value is -1.48. The van der Waals surface area contributed by atoms with Crippen molar-refractivity contribution in [2.24, 2.45) is 16.3 Å². The highest BCUT2D eigenvalue weighted by molar-refractivity contribution is 6.30. The van der Waals surface area contributed by atoms with E-state index in [2.05, 4.69) is 4.99 Å². The van der Waals surface area contributed by atoms with E-state index in [1.807, 2.05) is 26.0 Å². The first kappa shape index (κ1) is 14.9. The lowest BCUT2D eigenvalue weighted by molar-refractivity contribution is -0.136. The van der Waals surface area contributed by atoms with E-state index in [1.54, 1.807) is 12.1 Å². The van der Waals surface area contributed by atoms with Crippen LogP contribution in [0, 0.1) is 11.3 Å². The second-order valence-corrected chi connectivity index (χ2v) is 6.48. The summed E-state index contributed by atoms with van der Waals surface area (Å²) in [5.41, 5.74) is 0.788. The van der Waals surface area contributed by atoms with Crippen molar-refractivity contribution in [1.82, 2.24) is 0 Å². The van der Waals surface area contributed by atoms with Gasteiger partial charge in [0.05, 0.1) is 6.54 Å². The van der Waals surface area contributed by atoms with Crippen molar-refractivity contribution >= 4 is 29.4 Å². The number of carbonyl (C=O) groups is 2. The Labute approximate surface area is 124 Å². The summed E-state index contributed by atoms with van der Waals surface area (Å²) >= 11 is 5.80. The highest BCUT2D eigenvalue weighted by atomic mass is 35.5. The lowest BCUT2D eigenvalue weighted by atomic mass is 9.72. The smallest absolute Gasteiger partial charge is 0.149 e. The third-order valence-electron chi connectivity index (χ3n) is 3.44. The Morgan fingerprint density at radius 1 is 1.20 bits per heavy atom. The van der Waals surface area contributed by atoms with Crippen LogP contribution in [0.3, 0.4) is 0 Å². The van der Waals surface area contributed by atoms with E-state index < -0.39 is 5.92 Å². The van der Waals surface area contributed by atoms with E-state index in [1.165, 1.54) is 6.21 Å². The Kier molecular flexibility index (Phi) is 4.39. The van der Waals surface area contributed by atoms with Crippen molar-refractivity contribution in [2.75, 3.05) is 0 Å². The molecule has 0 aromatic heterocycles. The van der Waals surface area contributed by atoms with Gasteiger partial charge in [0.1, 0.15) is 17.5 Å². The second kappa shape index (κ2) is 5.88. The molecule has 3 nitrogen and oxygen atoms in total. The van der Waals surface area contributed by atoms with Crippen LogP contribution in [-0.2, 0) is 16.1 Å². The van der Waals surface area contributed by atoms with Gasteiger partial charge >= 0.3 is 0 Å². The molecule has 0 N–H and O–H groups in total. The predicted molar refractivity (Wildman–Crippen MR) is 80.2 cm³/mol. The number of ketones is 2. The van der Waals surface area contributed by atoms with Gasteiger partial charge in [0, 0.05) is 24.1 Å². The van der Waals surface area contributed by atoms with Crippen molar-refractivity contribution in [3.05, 3.63) is 34.9 Å². The standard InChI is InChI=1S/C16H18ClNO2/c1-16(2)7-14(19)13(15(20)8-16)10-18-9-11-3-5-12(17)6-4-11/h3-6,10,13H,7-9H2,1-2H3. The molecule has 2 rings (SSSR count). The summed E-state index contributed by atoms with van der Waals surface area (Å²) < 4.78 is 0. The van der Waals surface area contributed by atoms with Gasteiger partial charge in [0.15, 0.2) is 0 Å². The molecular formula is C16H18ClNO2. The molecule has 1 aliphatic rings. The van der Waals surface area contributed by atoms with Crippen LogP contribution in [0.2, 0.25) is 5.02 Å². The van der Waals surface area contributed by atoms with Crippen LogP contribution in [0.25, 0.3) is 0 Å². The molecule has 4 heteroatoms. The number of carbonyl (C=O) groups excluding carboxylic acids is 2. The van der Waals surface area contributed by atoms with E-state index in [0.29, 0.717) is 24.4 Å². The number of hydrogen-bond donors (Lipinski definition) is 0. The normalized spacial score (nSPS) is 19.8. The molecule has 1 saturated carbocycles. The zero-order chi connectivity index (χ0) is 14.8. The summed E-state index contributed by atoms with van der Waals surface area (Å²) in [7, 11) is 0. The van der Waals surface area contributed by atoms with Crippen LogP contribution in [-0.4, -0.2) is 17.8 Å². The first-order chi connectivity index (χ1) is 9.37. The lowest BCUT2D eigenvalue weighted by Crippen LogP contribution is -2.38. The molecule has 1 aromatic carbocycles. The quantitative estimate of drug-likeness (QED) is 0.632. The number of rotatable bonds is 3. The zero-order valence-corrected chi connectivity index (χ0v) is 12.5. The van der Waals surface area contributed by atoms with Crippen LogP contribution in [0.5, 0.6) is 0 Å². The Bertz CT molecular complexity index is 526. The number of halogens is 1. The summed E-state index contributed by atoms with van der Waals surface area (Å²) in [4.78, 5) is 28.2. The molecule has 0 bridgehead atoms. The van der Waals surface area contributed by atoms with Gasteiger partial charge in [0.2, 0.25) is 0 Å². The van der Waals surface area contributed by atoms with Crippen LogP contribution in [0.1, 0.15) is 32.3 Å². The van der Waals surface area contributed by atoms with Gasteiger partial charge in [-0.25, -0.2) is 0 Å². The van der Waals surface area contributed by atoms with Crippen molar-refractivity contribution in [1.29, 1.82) is 0 Å². The largest absolute Gasteiger partial charge is 0.298 e. The number of Topliss-reactive ketones (excluding diaryl/α,β-unsaturated/α-hetero) is 2. The van der Waals surface area contributed by atoms with Crippen molar-refractivity contribution in [3.63, 3.8) is 0 Å². The molecule has 0 spiro atoms. The zero-order valence-electron chi connectivity index (χ0n) is 11.7. The number of hydrogen-bond acceptors (Lipinski definition) is 3. The lowest BCUT2D eigenvalue weighted by Gasteiger charge is -2.30. The van der Waals surface area contributed by atoms with E-state index >= 15 is 0 Å². The number of aliphatic imine (C=N–C) groups is 1. The van der Waals surface area contributed by atoms with E-state index in [-0.39, 0.29) is 17.0 Å². The van der Waals surface area contributed by atoms with Crippen LogP contribution in [0.4, 0.5) is 0 Å². The Balaban J connectivity index is 1.99. The third kappa shape index (κ3) is 3.76. The maximum atomic E-state index is 12.0. The molecule has 0 radical (unpaired) electrons. The summed E-state index contributed by atoms with van der Waals surface area (Å²) in [6.07, 6.45) is 2.39. The predicted octanol–water partition coefficient (Wildman–Crippen LogP) is 3.49. The summed E-state index contributed by atoms with van der Waals surface area (Å²) in [5, 5.41) is 0.678. The molecule has 106 valence electrons. The van der Waals surface area contributed by atoms with Gasteiger partial charge < -0.3 is 0 Å². The SMILES string of the molecule is CC1(C)CC(=O)C(C=NCc2ccc(Cl)cc2)C(=O)C1. The molecule has 0 amide bonds. The Morgan fingerprint density at radius 2 is 1.75 bits per heavy atom. The molecule has 0 heterocycles. The molecule has 0 unspecified atom stereocenters. The topological polar surface area (TPSA) is 46.5 Å². The van der Waals surface area contributed by atoms with Crippen LogP contribution < -0.4 is 0 Å². The molecule has 1 aliphatic carbocycles. The number of nitrogens with zero attached hydrogens (tertiary/aromatic N) is 1. The van der Waals surface area contributed by atoms with E-state index in [0.717, 1.165) is 5.56 Å². The van der Waals surface area contributed by atoms with Gasteiger partial charge in [-0.2, -0.15) is 0 Å². The minimum atomic E-state index is -0.657. The fourth-order valence-corrected chi connectivity index (χ4v) is 2.55. The van der Waals surface area contributed by atoms with Gasteiger partial charge in [-0.1, -0.05) is 37.6 Å². The molecule has 1 aromatic rings. The highest BCUT2D eigenvalue weighted by Crippen LogP contribution is 2.33. The maximum Gasteiger partial charge on any atom is 0.149 e. The first-order valence-corrected chi connectivity index (χ1v) is 7.05. The molecular weight excluding hydrogens is 274 g/mol. The average molecular weight is 292 g/mol. The van der Waals surface area contributed by atoms with Gasteiger partial charge in [-0.3, -0.25) is 14.6 Å². The third-order valence-corrected chi connectivity index (χ3v) is 3.69. The van der Waals surface area contributed by atoms with E-state index in [4.69, 9.17) is 11.6 Å². The summed E-state index contributed by atoms with van der Waals surface area (Å²) in [6, 6.07) is 7.36. The molecule has 0 saturated heterocycles. The minimum Gasteiger partial charge on any atom is -0.298 e.